The van der Waals surface area contributed by atoms with Gasteiger partial charge in [-0.3, -0.25) is 4.79 Å². The summed E-state index contributed by atoms with van der Waals surface area (Å²) < 4.78 is 13.1. The Morgan fingerprint density at radius 3 is 2.45 bits per heavy atom. The molecule has 1 aromatic heterocycles. The molecule has 0 atom stereocenters. The molecule has 2 heterocycles. The van der Waals surface area contributed by atoms with Crippen LogP contribution in [0, 0.1) is 5.82 Å². The summed E-state index contributed by atoms with van der Waals surface area (Å²) in [4.78, 5) is 25.3. The van der Waals surface area contributed by atoms with E-state index in [4.69, 9.17) is 11.6 Å². The van der Waals surface area contributed by atoms with Crippen molar-refractivity contribution in [3.05, 3.63) is 77.2 Å². The molecule has 0 bridgehead atoms. The van der Waals surface area contributed by atoms with Crippen molar-refractivity contribution >= 4 is 35.0 Å². The fraction of sp³-hybridized carbons (Fsp3) is 0.190. The van der Waals surface area contributed by atoms with Crippen LogP contribution in [0.25, 0.3) is 0 Å². The van der Waals surface area contributed by atoms with Crippen LogP contribution in [0.15, 0.2) is 60.8 Å². The predicted octanol–water partition coefficient (Wildman–Crippen LogP) is 3.98. The Morgan fingerprint density at radius 1 is 1.00 bits per heavy atom. The molecule has 0 aliphatic carbocycles. The quantitative estimate of drug-likeness (QED) is 0.703. The number of halogens is 2. The van der Waals surface area contributed by atoms with Crippen LogP contribution in [0.5, 0.6) is 0 Å². The van der Waals surface area contributed by atoms with Gasteiger partial charge in [-0.25, -0.2) is 9.37 Å². The summed E-state index contributed by atoms with van der Waals surface area (Å²) in [5.74, 6) is 0.789. The van der Waals surface area contributed by atoms with Gasteiger partial charge in [0.25, 0.3) is 5.91 Å². The van der Waals surface area contributed by atoms with Gasteiger partial charge in [0.05, 0.1) is 10.7 Å². The van der Waals surface area contributed by atoms with Crippen LogP contribution in [0.4, 0.5) is 21.8 Å². The molecule has 8 heteroatoms. The zero-order valence-electron chi connectivity index (χ0n) is 15.6. The molecule has 0 unspecified atom stereocenters. The van der Waals surface area contributed by atoms with Crippen molar-refractivity contribution in [2.24, 2.45) is 0 Å². The number of piperazine rings is 1. The summed E-state index contributed by atoms with van der Waals surface area (Å²) in [6, 6.07) is 14.9. The van der Waals surface area contributed by atoms with Gasteiger partial charge >= 0.3 is 0 Å². The molecule has 1 fully saturated rings. The molecular weight excluding hydrogens is 393 g/mol. The highest BCUT2D eigenvalue weighted by molar-refractivity contribution is 6.33. The van der Waals surface area contributed by atoms with Crippen LogP contribution in [0.2, 0.25) is 5.02 Å². The van der Waals surface area contributed by atoms with E-state index in [1.54, 1.807) is 17.2 Å². The summed E-state index contributed by atoms with van der Waals surface area (Å²) >= 11 is 6.19. The summed E-state index contributed by atoms with van der Waals surface area (Å²) in [6.45, 7) is 2.31. The van der Waals surface area contributed by atoms with Crippen LogP contribution in [0.3, 0.4) is 0 Å². The Morgan fingerprint density at radius 2 is 1.72 bits per heavy atom. The molecular formula is C21H19ClFN5O. The number of rotatable bonds is 4. The van der Waals surface area contributed by atoms with Gasteiger partial charge in [-0.15, -0.1) is 0 Å². The summed E-state index contributed by atoms with van der Waals surface area (Å²) in [5, 5.41) is 3.81. The van der Waals surface area contributed by atoms with Crippen molar-refractivity contribution in [1.29, 1.82) is 0 Å². The number of amides is 1. The molecule has 1 aliphatic heterocycles. The summed E-state index contributed by atoms with van der Waals surface area (Å²) in [7, 11) is 0. The number of carbonyl (C=O) groups is 1. The standard InChI is InChI=1S/C21H19ClFN5O/c22-17-3-1-2-4-18(17)25-19-9-10-24-21(26-19)28-13-11-27(12-14-28)20(29)15-5-7-16(23)8-6-15/h1-10H,11-14H2,(H,24,25,26). The zero-order chi connectivity index (χ0) is 20.2. The second kappa shape index (κ2) is 8.45. The smallest absolute Gasteiger partial charge is 0.253 e. The molecule has 6 nitrogen and oxygen atoms in total. The monoisotopic (exact) mass is 411 g/mol. The first kappa shape index (κ1) is 19.1. The van der Waals surface area contributed by atoms with Gasteiger partial charge in [-0.1, -0.05) is 23.7 Å². The minimum absolute atomic E-state index is 0.0975. The van der Waals surface area contributed by atoms with Crippen LogP contribution >= 0.6 is 11.6 Å². The first-order valence-corrected chi connectivity index (χ1v) is 9.62. The van der Waals surface area contributed by atoms with Crippen molar-refractivity contribution in [2.75, 3.05) is 36.4 Å². The van der Waals surface area contributed by atoms with Gasteiger partial charge < -0.3 is 15.1 Å². The van der Waals surface area contributed by atoms with E-state index in [0.717, 1.165) is 5.69 Å². The third kappa shape index (κ3) is 4.46. The fourth-order valence-corrected chi connectivity index (χ4v) is 3.34. The van der Waals surface area contributed by atoms with E-state index in [1.807, 2.05) is 29.2 Å². The Balaban J connectivity index is 1.40. The van der Waals surface area contributed by atoms with Crippen LogP contribution in [-0.2, 0) is 0 Å². The number of nitrogens with one attached hydrogen (secondary N) is 1. The minimum Gasteiger partial charge on any atom is -0.339 e. The van der Waals surface area contributed by atoms with Crippen molar-refractivity contribution < 1.29 is 9.18 Å². The van der Waals surface area contributed by atoms with Crippen molar-refractivity contribution in [3.63, 3.8) is 0 Å². The molecule has 1 saturated heterocycles. The lowest BCUT2D eigenvalue weighted by atomic mass is 10.2. The van der Waals surface area contributed by atoms with Crippen LogP contribution in [-0.4, -0.2) is 47.0 Å². The number of anilines is 3. The topological polar surface area (TPSA) is 61.4 Å². The Labute approximate surface area is 173 Å². The molecule has 0 radical (unpaired) electrons. The van der Waals surface area contributed by atoms with E-state index in [1.165, 1.54) is 24.3 Å². The Kier molecular flexibility index (Phi) is 5.57. The molecule has 0 spiro atoms. The highest BCUT2D eigenvalue weighted by Gasteiger charge is 2.23. The fourth-order valence-electron chi connectivity index (χ4n) is 3.16. The molecule has 4 rings (SSSR count). The molecule has 0 saturated carbocycles. The number of carbonyl (C=O) groups excluding carboxylic acids is 1. The molecule has 1 aliphatic rings. The number of benzene rings is 2. The van der Waals surface area contributed by atoms with E-state index in [9.17, 15) is 9.18 Å². The highest BCUT2D eigenvalue weighted by Crippen LogP contribution is 2.24. The van der Waals surface area contributed by atoms with E-state index < -0.39 is 0 Å². The van der Waals surface area contributed by atoms with Gasteiger partial charge in [-0.2, -0.15) is 4.98 Å². The Bertz CT molecular complexity index is 1010. The third-order valence-corrected chi connectivity index (χ3v) is 5.05. The number of para-hydroxylation sites is 1. The van der Waals surface area contributed by atoms with Crippen LogP contribution in [0.1, 0.15) is 10.4 Å². The van der Waals surface area contributed by atoms with Gasteiger partial charge in [0.2, 0.25) is 5.95 Å². The number of aromatic nitrogens is 2. The lowest BCUT2D eigenvalue weighted by Gasteiger charge is -2.34. The van der Waals surface area contributed by atoms with E-state index >= 15 is 0 Å². The van der Waals surface area contributed by atoms with Gasteiger partial charge in [-0.05, 0) is 42.5 Å². The Hall–Kier alpha value is -3.19. The molecule has 2 aromatic carbocycles. The highest BCUT2D eigenvalue weighted by atomic mass is 35.5. The molecule has 1 amide bonds. The van der Waals surface area contributed by atoms with Crippen molar-refractivity contribution in [2.45, 2.75) is 0 Å². The number of hydrogen-bond acceptors (Lipinski definition) is 5. The second-order valence-electron chi connectivity index (χ2n) is 6.63. The van der Waals surface area contributed by atoms with Gasteiger partial charge in [0.1, 0.15) is 11.6 Å². The van der Waals surface area contributed by atoms with Crippen molar-refractivity contribution in [1.82, 2.24) is 14.9 Å². The van der Waals surface area contributed by atoms with E-state index in [-0.39, 0.29) is 11.7 Å². The molecule has 3 aromatic rings. The summed E-state index contributed by atoms with van der Waals surface area (Å²) in [5.41, 5.74) is 1.26. The maximum atomic E-state index is 13.1. The maximum absolute atomic E-state index is 13.1. The van der Waals surface area contributed by atoms with E-state index in [0.29, 0.717) is 48.5 Å². The largest absolute Gasteiger partial charge is 0.339 e. The lowest BCUT2D eigenvalue weighted by Crippen LogP contribution is -2.49. The molecule has 1 N–H and O–H groups in total. The zero-order valence-corrected chi connectivity index (χ0v) is 16.3. The van der Waals surface area contributed by atoms with Gasteiger partial charge in [0.15, 0.2) is 0 Å². The molecule has 29 heavy (non-hydrogen) atoms. The predicted molar refractivity (Wildman–Crippen MR) is 111 cm³/mol. The first-order chi connectivity index (χ1) is 14.1. The number of nitrogens with zero attached hydrogens (tertiary/aromatic N) is 4. The summed E-state index contributed by atoms with van der Waals surface area (Å²) in [6.07, 6.45) is 1.69. The van der Waals surface area contributed by atoms with Crippen LogP contribution < -0.4 is 10.2 Å². The van der Waals surface area contributed by atoms with E-state index in [2.05, 4.69) is 15.3 Å². The lowest BCUT2D eigenvalue weighted by molar-refractivity contribution is 0.0746. The average Bonchev–Trinajstić information content (AvgIpc) is 2.76. The molecule has 148 valence electrons. The van der Waals surface area contributed by atoms with Gasteiger partial charge in [0, 0.05) is 37.9 Å². The van der Waals surface area contributed by atoms with Crippen molar-refractivity contribution in [3.8, 4) is 0 Å². The minimum atomic E-state index is -0.353. The average molecular weight is 412 g/mol. The normalized spacial score (nSPS) is 14.0. The SMILES string of the molecule is O=C(c1ccc(F)cc1)N1CCN(c2nccc(Nc3ccccc3Cl)n2)CC1. The third-order valence-electron chi connectivity index (χ3n) is 4.72. The second-order valence-corrected chi connectivity index (χ2v) is 7.04. The maximum Gasteiger partial charge on any atom is 0.253 e. The number of hydrogen-bond donors (Lipinski definition) is 1. The first-order valence-electron chi connectivity index (χ1n) is 9.24.